The van der Waals surface area contributed by atoms with E-state index < -0.39 is 11.4 Å². The number of nitrogens with zero attached hydrogens (tertiary/aromatic N) is 2. The predicted molar refractivity (Wildman–Crippen MR) is 72.5 cm³/mol. The topological polar surface area (TPSA) is 56.5 Å². The lowest BCUT2D eigenvalue weighted by Gasteiger charge is -2.35. The first-order valence-corrected chi connectivity index (χ1v) is 6.69. The van der Waals surface area contributed by atoms with Crippen LogP contribution in [0.2, 0.25) is 0 Å². The molecule has 0 aliphatic carbocycles. The second-order valence-corrected chi connectivity index (χ2v) is 5.47. The fourth-order valence-corrected chi connectivity index (χ4v) is 2.59. The van der Waals surface area contributed by atoms with Gasteiger partial charge in [-0.2, -0.15) is 5.26 Å². The van der Waals surface area contributed by atoms with E-state index in [1.54, 1.807) is 6.07 Å². The second kappa shape index (κ2) is 6.31. The Morgan fingerprint density at radius 2 is 2.10 bits per heavy atom. The number of hydrogen-bond donors (Lipinski definition) is 1. The van der Waals surface area contributed by atoms with Crippen molar-refractivity contribution in [1.29, 1.82) is 5.26 Å². The molecular formula is C15H19FN2O2. The fraction of sp³-hybridized carbons (Fsp3) is 0.533. The highest BCUT2D eigenvalue weighted by molar-refractivity contribution is 5.33. The molecule has 0 atom stereocenters. The van der Waals surface area contributed by atoms with Gasteiger partial charge in [0.25, 0.3) is 0 Å². The molecule has 1 N–H and O–H groups in total. The van der Waals surface area contributed by atoms with Gasteiger partial charge in [0.1, 0.15) is 5.82 Å². The minimum Gasteiger partial charge on any atom is -0.388 e. The van der Waals surface area contributed by atoms with Gasteiger partial charge in [0.2, 0.25) is 0 Å². The first kappa shape index (κ1) is 14.9. The van der Waals surface area contributed by atoms with Crippen LogP contribution in [0.4, 0.5) is 4.39 Å². The Balaban J connectivity index is 1.99. The maximum absolute atomic E-state index is 13.4. The van der Waals surface area contributed by atoms with Crippen LogP contribution in [0.15, 0.2) is 18.2 Å². The van der Waals surface area contributed by atoms with Gasteiger partial charge in [0.05, 0.1) is 17.2 Å². The Bertz CT molecular complexity index is 507. The largest absolute Gasteiger partial charge is 0.388 e. The summed E-state index contributed by atoms with van der Waals surface area (Å²) < 4.78 is 18.6. The summed E-state index contributed by atoms with van der Waals surface area (Å²) in [6.45, 7) is 2.15. The summed E-state index contributed by atoms with van der Waals surface area (Å²) in [6.07, 6.45) is 1.23. The van der Waals surface area contributed by atoms with E-state index in [9.17, 15) is 9.50 Å². The molecule has 1 fully saturated rings. The summed E-state index contributed by atoms with van der Waals surface area (Å²) in [5, 5.41) is 19.3. The van der Waals surface area contributed by atoms with Gasteiger partial charge in [-0.05, 0) is 30.8 Å². The predicted octanol–water partition coefficient (Wildman–Crippen LogP) is 1.67. The van der Waals surface area contributed by atoms with Crippen molar-refractivity contribution in [2.75, 3.05) is 26.8 Å². The molecule has 1 saturated heterocycles. The fourth-order valence-electron chi connectivity index (χ4n) is 2.59. The van der Waals surface area contributed by atoms with Gasteiger partial charge in [-0.1, -0.05) is 0 Å². The Morgan fingerprint density at radius 1 is 1.40 bits per heavy atom. The monoisotopic (exact) mass is 278 g/mol. The van der Waals surface area contributed by atoms with Crippen LogP contribution in [0.1, 0.15) is 24.0 Å². The van der Waals surface area contributed by atoms with Crippen LogP contribution < -0.4 is 0 Å². The molecule has 1 aromatic carbocycles. The molecule has 4 nitrogen and oxygen atoms in total. The van der Waals surface area contributed by atoms with Crippen molar-refractivity contribution < 1.29 is 14.2 Å². The van der Waals surface area contributed by atoms with Crippen LogP contribution in [-0.4, -0.2) is 42.4 Å². The van der Waals surface area contributed by atoms with Crippen molar-refractivity contribution in [3.63, 3.8) is 0 Å². The summed E-state index contributed by atoms with van der Waals surface area (Å²) in [7, 11) is 1.88. The number of rotatable bonds is 4. The van der Waals surface area contributed by atoms with Crippen LogP contribution in [-0.2, 0) is 11.3 Å². The van der Waals surface area contributed by atoms with Crippen molar-refractivity contribution in [1.82, 2.24) is 4.90 Å². The lowest BCUT2D eigenvalue weighted by Crippen LogP contribution is -2.45. The van der Waals surface area contributed by atoms with E-state index >= 15 is 0 Å². The average Bonchev–Trinajstić information content (AvgIpc) is 2.37. The molecule has 1 aliphatic rings. The Hall–Kier alpha value is -1.48. The molecule has 0 saturated carbocycles. The molecular weight excluding hydrogens is 259 g/mol. The minimum atomic E-state index is -0.738. The van der Waals surface area contributed by atoms with E-state index in [4.69, 9.17) is 10.00 Å². The second-order valence-electron chi connectivity index (χ2n) is 5.47. The number of aliphatic hydroxyl groups is 1. The maximum atomic E-state index is 13.4. The molecule has 1 heterocycles. The van der Waals surface area contributed by atoms with Gasteiger partial charge in [-0.25, -0.2) is 4.39 Å². The highest BCUT2D eigenvalue weighted by atomic mass is 19.1. The van der Waals surface area contributed by atoms with Crippen LogP contribution in [0.25, 0.3) is 0 Å². The Labute approximate surface area is 118 Å². The number of ether oxygens (including phenoxy) is 1. The molecule has 0 aromatic heterocycles. The third-order valence-electron chi connectivity index (χ3n) is 3.53. The van der Waals surface area contributed by atoms with Gasteiger partial charge in [-0.3, -0.25) is 4.90 Å². The van der Waals surface area contributed by atoms with E-state index in [-0.39, 0.29) is 0 Å². The van der Waals surface area contributed by atoms with E-state index in [0.717, 1.165) is 5.56 Å². The highest BCUT2D eigenvalue weighted by Crippen LogP contribution is 2.22. The van der Waals surface area contributed by atoms with Gasteiger partial charge in [-0.15, -0.1) is 0 Å². The summed E-state index contributed by atoms with van der Waals surface area (Å²) >= 11 is 0. The smallest absolute Gasteiger partial charge is 0.124 e. The quantitative estimate of drug-likeness (QED) is 0.910. The Morgan fingerprint density at radius 3 is 2.75 bits per heavy atom. The maximum Gasteiger partial charge on any atom is 0.124 e. The molecule has 0 amide bonds. The third kappa shape index (κ3) is 4.01. The van der Waals surface area contributed by atoms with Crippen molar-refractivity contribution in [2.24, 2.45) is 0 Å². The van der Waals surface area contributed by atoms with Gasteiger partial charge >= 0.3 is 0 Å². The first-order valence-electron chi connectivity index (χ1n) is 6.69. The van der Waals surface area contributed by atoms with Crippen molar-refractivity contribution in [2.45, 2.75) is 25.0 Å². The minimum absolute atomic E-state index is 0.318. The average molecular weight is 278 g/mol. The molecule has 1 aromatic rings. The number of hydrogen-bond acceptors (Lipinski definition) is 4. The van der Waals surface area contributed by atoms with Crippen molar-refractivity contribution in [3.05, 3.63) is 35.1 Å². The zero-order valence-corrected chi connectivity index (χ0v) is 11.6. The molecule has 2 rings (SSSR count). The molecule has 0 spiro atoms. The molecule has 1 aliphatic heterocycles. The van der Waals surface area contributed by atoms with Gasteiger partial charge in [0, 0.05) is 39.1 Å². The molecule has 0 unspecified atom stereocenters. The molecule has 0 bridgehead atoms. The summed E-state index contributed by atoms with van der Waals surface area (Å²) in [5.41, 5.74) is 0.316. The highest BCUT2D eigenvalue weighted by Gasteiger charge is 2.30. The molecule has 5 heteroatoms. The van der Waals surface area contributed by atoms with Crippen LogP contribution >= 0.6 is 0 Å². The van der Waals surface area contributed by atoms with E-state index in [1.807, 2.05) is 18.0 Å². The first-order chi connectivity index (χ1) is 9.50. The zero-order valence-electron chi connectivity index (χ0n) is 11.6. The lowest BCUT2D eigenvalue weighted by atomic mass is 9.94. The number of benzene rings is 1. The van der Waals surface area contributed by atoms with Gasteiger partial charge in [0.15, 0.2) is 0 Å². The van der Waals surface area contributed by atoms with E-state index in [0.29, 0.717) is 44.7 Å². The van der Waals surface area contributed by atoms with Crippen LogP contribution in [0.5, 0.6) is 0 Å². The van der Waals surface area contributed by atoms with Crippen LogP contribution in [0.3, 0.4) is 0 Å². The zero-order chi connectivity index (χ0) is 14.6. The van der Waals surface area contributed by atoms with Crippen molar-refractivity contribution >= 4 is 0 Å². The summed E-state index contributed by atoms with van der Waals surface area (Å²) in [6, 6.07) is 6.26. The van der Waals surface area contributed by atoms with E-state index in [2.05, 4.69) is 0 Å². The normalized spacial score (nSPS) is 17.9. The molecule has 108 valence electrons. The molecule has 0 radical (unpaired) electrons. The number of halogens is 1. The standard InChI is InChI=1S/C15H19FN2O2/c1-18(11-15(19)2-4-20-5-3-15)10-13-6-12(9-17)7-14(16)8-13/h6-8,19H,2-5,10-11H2,1H3. The Kier molecular flexibility index (Phi) is 4.71. The van der Waals surface area contributed by atoms with E-state index in [1.165, 1.54) is 12.1 Å². The summed E-state index contributed by atoms with van der Waals surface area (Å²) in [5.74, 6) is -0.405. The number of likely N-dealkylation sites (N-methyl/N-ethyl adjacent to an activating group) is 1. The van der Waals surface area contributed by atoms with Crippen LogP contribution in [0, 0.1) is 17.1 Å². The molecule has 20 heavy (non-hydrogen) atoms. The lowest BCUT2D eigenvalue weighted by molar-refractivity contribution is -0.0777. The SMILES string of the molecule is CN(Cc1cc(F)cc(C#N)c1)CC1(O)CCOCC1. The van der Waals surface area contributed by atoms with Gasteiger partial charge < -0.3 is 9.84 Å². The number of nitriles is 1. The third-order valence-corrected chi connectivity index (χ3v) is 3.53. The van der Waals surface area contributed by atoms with Crippen molar-refractivity contribution in [3.8, 4) is 6.07 Å². The summed E-state index contributed by atoms with van der Waals surface area (Å²) in [4.78, 5) is 1.95.